The summed E-state index contributed by atoms with van der Waals surface area (Å²) in [6, 6.07) is 6.38. The van der Waals surface area contributed by atoms with Crippen molar-refractivity contribution in [2.24, 2.45) is 0 Å². The summed E-state index contributed by atoms with van der Waals surface area (Å²) in [5, 5.41) is 0. The van der Waals surface area contributed by atoms with E-state index < -0.39 is 6.80 Å². The van der Waals surface area contributed by atoms with Crippen molar-refractivity contribution >= 4 is 23.8 Å². The van der Waals surface area contributed by atoms with Crippen molar-refractivity contribution in [3.8, 4) is 0 Å². The molecule has 17 heavy (non-hydrogen) atoms. The number of fused-ring (bicyclic) bond motifs is 1. The van der Waals surface area contributed by atoms with E-state index in [0.29, 0.717) is 22.7 Å². The average molecular weight is 272 g/mol. The molecule has 0 spiro atoms. The molecule has 0 saturated carbocycles. The summed E-state index contributed by atoms with van der Waals surface area (Å²) in [5.74, 6) is 0.00487. The van der Waals surface area contributed by atoms with Gasteiger partial charge < -0.3 is 9.79 Å². The zero-order valence-corrected chi connectivity index (χ0v) is 10.3. The lowest BCUT2D eigenvalue weighted by Gasteiger charge is -2.04. The Kier molecular flexibility index (Phi) is 3.35. The van der Waals surface area contributed by atoms with Crippen molar-refractivity contribution in [1.29, 1.82) is 0 Å². The third-order valence-electron chi connectivity index (χ3n) is 2.00. The maximum Gasteiger partial charge on any atom is 0.384 e. The summed E-state index contributed by atoms with van der Waals surface area (Å²) in [4.78, 5) is 33.2. The molecule has 0 aliphatic carbocycles. The summed E-state index contributed by atoms with van der Waals surface area (Å²) < 4.78 is 12.1. The SMILES string of the molecule is O=c1cc(CSP(=O)(O)O)nc2ccccn12. The van der Waals surface area contributed by atoms with E-state index in [2.05, 4.69) is 4.98 Å². The second-order valence-electron chi connectivity index (χ2n) is 3.28. The highest BCUT2D eigenvalue weighted by atomic mass is 32.7. The van der Waals surface area contributed by atoms with Crippen LogP contribution in [0.5, 0.6) is 0 Å². The molecule has 0 bridgehead atoms. The van der Waals surface area contributed by atoms with Crippen LogP contribution in [-0.4, -0.2) is 19.2 Å². The van der Waals surface area contributed by atoms with Gasteiger partial charge in [0.1, 0.15) is 5.65 Å². The van der Waals surface area contributed by atoms with Crippen LogP contribution in [0.1, 0.15) is 5.69 Å². The van der Waals surface area contributed by atoms with Gasteiger partial charge in [-0.05, 0) is 23.5 Å². The van der Waals surface area contributed by atoms with Gasteiger partial charge in [0.25, 0.3) is 5.56 Å². The van der Waals surface area contributed by atoms with Crippen LogP contribution in [0.4, 0.5) is 0 Å². The van der Waals surface area contributed by atoms with Crippen LogP contribution in [0.3, 0.4) is 0 Å². The van der Waals surface area contributed by atoms with Crippen molar-refractivity contribution in [2.45, 2.75) is 5.75 Å². The van der Waals surface area contributed by atoms with E-state index in [-0.39, 0.29) is 11.3 Å². The quantitative estimate of drug-likeness (QED) is 0.810. The van der Waals surface area contributed by atoms with Crippen LogP contribution in [0, 0.1) is 0 Å². The molecule has 0 saturated heterocycles. The highest BCUT2D eigenvalue weighted by molar-refractivity contribution is 8.54. The van der Waals surface area contributed by atoms with E-state index in [4.69, 9.17) is 9.79 Å². The van der Waals surface area contributed by atoms with Crippen LogP contribution < -0.4 is 5.56 Å². The maximum absolute atomic E-state index is 11.6. The van der Waals surface area contributed by atoms with Gasteiger partial charge in [-0.25, -0.2) is 9.55 Å². The number of nitrogens with zero attached hydrogens (tertiary/aromatic N) is 2. The zero-order valence-electron chi connectivity index (χ0n) is 8.55. The molecular weight excluding hydrogens is 263 g/mol. The molecule has 2 heterocycles. The first kappa shape index (κ1) is 12.3. The molecule has 90 valence electrons. The van der Waals surface area contributed by atoms with Crippen LogP contribution in [0.25, 0.3) is 5.65 Å². The molecule has 8 heteroatoms. The lowest BCUT2D eigenvalue weighted by molar-refractivity contribution is 0.397. The van der Waals surface area contributed by atoms with E-state index in [9.17, 15) is 9.36 Å². The number of pyridine rings is 1. The van der Waals surface area contributed by atoms with Crippen LogP contribution in [0.15, 0.2) is 35.3 Å². The molecular formula is C9H9N2O4PS. The van der Waals surface area contributed by atoms with E-state index in [1.165, 1.54) is 10.5 Å². The van der Waals surface area contributed by atoms with Gasteiger partial charge in [0.2, 0.25) is 0 Å². The van der Waals surface area contributed by atoms with Gasteiger partial charge in [-0.3, -0.25) is 9.20 Å². The van der Waals surface area contributed by atoms with Crippen molar-refractivity contribution in [3.05, 3.63) is 46.5 Å². The summed E-state index contributed by atoms with van der Waals surface area (Å²) >= 11 is 0.460. The lowest BCUT2D eigenvalue weighted by atomic mass is 10.4. The van der Waals surface area contributed by atoms with E-state index in [0.717, 1.165) is 0 Å². The predicted octanol–water partition coefficient (Wildman–Crippen LogP) is 1.02. The lowest BCUT2D eigenvalue weighted by Crippen LogP contribution is -2.14. The minimum absolute atomic E-state index is 0.00487. The Hall–Kier alpha value is -1.14. The number of hydrogen-bond acceptors (Lipinski definition) is 4. The van der Waals surface area contributed by atoms with Gasteiger partial charge in [-0.1, -0.05) is 6.07 Å². The Morgan fingerprint density at radius 3 is 2.88 bits per heavy atom. The standard InChI is InChI=1S/C9H9N2O4PS/c12-9-5-7(6-17-16(13,14)15)10-8-3-1-2-4-11(8)9/h1-5H,6H2,(H2,13,14,15). The van der Waals surface area contributed by atoms with Crippen molar-refractivity contribution in [1.82, 2.24) is 9.38 Å². The fourth-order valence-corrected chi connectivity index (χ4v) is 2.68. The van der Waals surface area contributed by atoms with Crippen LogP contribution in [0.2, 0.25) is 0 Å². The minimum Gasteiger partial charge on any atom is -0.317 e. The number of rotatable bonds is 3. The van der Waals surface area contributed by atoms with Gasteiger partial charge in [0.15, 0.2) is 0 Å². The monoisotopic (exact) mass is 272 g/mol. The first-order valence-corrected chi connectivity index (χ1v) is 7.83. The Morgan fingerprint density at radius 1 is 1.41 bits per heavy atom. The van der Waals surface area contributed by atoms with Gasteiger partial charge in [0.05, 0.1) is 5.69 Å². The number of aromatic nitrogens is 2. The average Bonchev–Trinajstić information content (AvgIpc) is 2.26. The highest BCUT2D eigenvalue weighted by Gasteiger charge is 2.14. The summed E-state index contributed by atoms with van der Waals surface area (Å²) in [6.45, 7) is -4.14. The summed E-state index contributed by atoms with van der Waals surface area (Å²) in [6.07, 6.45) is 1.59. The second-order valence-corrected chi connectivity index (χ2v) is 7.01. The van der Waals surface area contributed by atoms with E-state index in [1.807, 2.05) is 0 Å². The zero-order chi connectivity index (χ0) is 12.5. The predicted molar refractivity (Wildman–Crippen MR) is 64.8 cm³/mol. The first-order valence-electron chi connectivity index (χ1n) is 4.63. The fourth-order valence-electron chi connectivity index (χ4n) is 1.33. The van der Waals surface area contributed by atoms with Crippen molar-refractivity contribution in [3.63, 3.8) is 0 Å². The largest absolute Gasteiger partial charge is 0.384 e. The summed E-state index contributed by atoms with van der Waals surface area (Å²) in [5.41, 5.74) is 0.549. The highest BCUT2D eigenvalue weighted by Crippen LogP contribution is 2.51. The summed E-state index contributed by atoms with van der Waals surface area (Å²) in [7, 11) is 0. The van der Waals surface area contributed by atoms with E-state index >= 15 is 0 Å². The second kappa shape index (κ2) is 4.62. The smallest absolute Gasteiger partial charge is 0.317 e. The fraction of sp³-hybridized carbons (Fsp3) is 0.111. The number of hydrogen-bond donors (Lipinski definition) is 2. The third kappa shape index (κ3) is 3.17. The molecule has 6 nitrogen and oxygen atoms in total. The molecule has 0 aliphatic rings. The Bertz CT molecular complexity index is 651. The maximum atomic E-state index is 11.6. The molecule has 0 amide bonds. The Labute approximate surface area is 100 Å². The normalized spacial score (nSPS) is 11.9. The molecule has 2 N–H and O–H groups in total. The van der Waals surface area contributed by atoms with Gasteiger partial charge in [-0.15, -0.1) is 0 Å². The van der Waals surface area contributed by atoms with Crippen molar-refractivity contribution < 1.29 is 14.4 Å². The Balaban J connectivity index is 2.37. The van der Waals surface area contributed by atoms with Crippen LogP contribution in [-0.2, 0) is 10.3 Å². The van der Waals surface area contributed by atoms with Gasteiger partial charge in [-0.2, -0.15) is 0 Å². The van der Waals surface area contributed by atoms with E-state index in [1.54, 1.807) is 24.4 Å². The first-order chi connectivity index (χ1) is 7.96. The molecule has 0 unspecified atom stereocenters. The Morgan fingerprint density at radius 2 is 2.18 bits per heavy atom. The van der Waals surface area contributed by atoms with Crippen LogP contribution >= 0.6 is 18.2 Å². The molecule has 0 fully saturated rings. The van der Waals surface area contributed by atoms with Crippen molar-refractivity contribution in [2.75, 3.05) is 0 Å². The minimum atomic E-state index is -4.14. The molecule has 0 atom stereocenters. The molecule has 0 aromatic carbocycles. The van der Waals surface area contributed by atoms with Gasteiger partial charge >= 0.3 is 6.80 Å². The molecule has 2 rings (SSSR count). The third-order valence-corrected chi connectivity index (χ3v) is 4.16. The van der Waals surface area contributed by atoms with Gasteiger partial charge in [0, 0.05) is 18.0 Å². The molecule has 2 aromatic heterocycles. The topological polar surface area (TPSA) is 91.9 Å². The molecule has 0 aliphatic heterocycles. The molecule has 2 aromatic rings. The molecule has 0 radical (unpaired) electrons.